The Labute approximate surface area is 132 Å². The summed E-state index contributed by atoms with van der Waals surface area (Å²) in [6, 6.07) is 16.3. The van der Waals surface area contributed by atoms with Crippen LogP contribution in [0.2, 0.25) is 0 Å². The molecular weight excluding hydrogens is 326 g/mol. The highest BCUT2D eigenvalue weighted by Crippen LogP contribution is 2.38. The summed E-state index contributed by atoms with van der Waals surface area (Å²) in [5, 5.41) is 4.63. The lowest BCUT2D eigenvalue weighted by molar-refractivity contribution is 0.782. The van der Waals surface area contributed by atoms with Crippen molar-refractivity contribution in [1.82, 2.24) is 9.78 Å². The minimum absolute atomic E-state index is 0.676. The lowest BCUT2D eigenvalue weighted by Crippen LogP contribution is -1.97. The zero-order valence-electron chi connectivity index (χ0n) is 12.0. The van der Waals surface area contributed by atoms with E-state index in [0.717, 1.165) is 32.4 Å². The van der Waals surface area contributed by atoms with E-state index in [2.05, 4.69) is 46.2 Å². The van der Waals surface area contributed by atoms with E-state index in [-0.39, 0.29) is 0 Å². The molecule has 106 valence electrons. The standard InChI is InChI=1S/C17H16BrN3/c1-11-13(9-6-10-14(11)18)16-15(17(19)21(2)20-16)12-7-4-3-5-8-12/h3-10H,19H2,1-2H3. The van der Waals surface area contributed by atoms with Crippen LogP contribution >= 0.6 is 15.9 Å². The summed E-state index contributed by atoms with van der Waals surface area (Å²) in [5.74, 6) is 0.676. The predicted molar refractivity (Wildman–Crippen MR) is 90.9 cm³/mol. The molecule has 21 heavy (non-hydrogen) atoms. The van der Waals surface area contributed by atoms with Crippen molar-refractivity contribution >= 4 is 21.7 Å². The van der Waals surface area contributed by atoms with Crippen molar-refractivity contribution in [2.75, 3.05) is 5.73 Å². The molecule has 0 unspecified atom stereocenters. The fourth-order valence-corrected chi connectivity index (χ4v) is 2.85. The molecular formula is C17H16BrN3. The van der Waals surface area contributed by atoms with E-state index in [1.807, 2.05) is 37.4 Å². The second-order valence-corrected chi connectivity index (χ2v) is 5.87. The molecule has 3 aromatic rings. The molecule has 1 heterocycles. The van der Waals surface area contributed by atoms with E-state index in [0.29, 0.717) is 5.82 Å². The number of aromatic nitrogens is 2. The van der Waals surface area contributed by atoms with Crippen molar-refractivity contribution in [2.45, 2.75) is 6.92 Å². The van der Waals surface area contributed by atoms with E-state index in [4.69, 9.17) is 5.73 Å². The van der Waals surface area contributed by atoms with Gasteiger partial charge in [-0.3, -0.25) is 4.68 Å². The maximum atomic E-state index is 6.25. The molecule has 0 saturated heterocycles. The number of aryl methyl sites for hydroxylation is 1. The van der Waals surface area contributed by atoms with Gasteiger partial charge in [0.1, 0.15) is 11.5 Å². The summed E-state index contributed by atoms with van der Waals surface area (Å²) < 4.78 is 2.81. The van der Waals surface area contributed by atoms with Gasteiger partial charge in [-0.15, -0.1) is 0 Å². The summed E-state index contributed by atoms with van der Waals surface area (Å²) in [5.41, 5.74) is 11.5. The number of nitrogens with zero attached hydrogens (tertiary/aromatic N) is 2. The van der Waals surface area contributed by atoms with Crippen LogP contribution in [0.5, 0.6) is 0 Å². The van der Waals surface area contributed by atoms with Crippen LogP contribution in [-0.4, -0.2) is 9.78 Å². The maximum absolute atomic E-state index is 6.25. The third-order valence-corrected chi connectivity index (χ3v) is 4.54. The van der Waals surface area contributed by atoms with E-state index in [1.54, 1.807) is 4.68 Å². The number of halogens is 1. The van der Waals surface area contributed by atoms with E-state index >= 15 is 0 Å². The topological polar surface area (TPSA) is 43.8 Å². The first-order chi connectivity index (χ1) is 10.1. The first kappa shape index (κ1) is 13.9. The molecule has 1 aromatic heterocycles. The Morgan fingerprint density at radius 3 is 2.48 bits per heavy atom. The number of hydrogen-bond acceptors (Lipinski definition) is 2. The molecule has 0 radical (unpaired) electrons. The Balaban J connectivity index is 2.30. The summed E-state index contributed by atoms with van der Waals surface area (Å²) in [7, 11) is 1.87. The fourth-order valence-electron chi connectivity index (χ4n) is 2.48. The molecule has 0 aliphatic carbocycles. The van der Waals surface area contributed by atoms with Gasteiger partial charge in [0.15, 0.2) is 0 Å². The third-order valence-electron chi connectivity index (χ3n) is 3.68. The smallest absolute Gasteiger partial charge is 0.129 e. The molecule has 2 N–H and O–H groups in total. The number of hydrogen-bond donors (Lipinski definition) is 1. The van der Waals surface area contributed by atoms with Crippen molar-refractivity contribution in [2.24, 2.45) is 7.05 Å². The molecule has 0 bridgehead atoms. The number of benzene rings is 2. The zero-order chi connectivity index (χ0) is 15.0. The van der Waals surface area contributed by atoms with Crippen molar-refractivity contribution in [3.8, 4) is 22.4 Å². The first-order valence-corrected chi connectivity index (χ1v) is 7.52. The molecule has 0 fully saturated rings. The van der Waals surface area contributed by atoms with Gasteiger partial charge in [0.25, 0.3) is 0 Å². The Bertz CT molecular complexity index is 791. The van der Waals surface area contributed by atoms with Crippen molar-refractivity contribution in [3.05, 3.63) is 58.6 Å². The lowest BCUT2D eigenvalue weighted by atomic mass is 9.98. The van der Waals surface area contributed by atoms with Crippen LogP contribution in [0.25, 0.3) is 22.4 Å². The minimum atomic E-state index is 0.676. The lowest BCUT2D eigenvalue weighted by Gasteiger charge is -2.08. The van der Waals surface area contributed by atoms with Crippen LogP contribution in [-0.2, 0) is 7.05 Å². The molecule has 0 aliphatic rings. The van der Waals surface area contributed by atoms with Crippen LogP contribution in [0.3, 0.4) is 0 Å². The molecule has 4 heteroatoms. The summed E-state index contributed by atoms with van der Waals surface area (Å²) >= 11 is 3.58. The van der Waals surface area contributed by atoms with Crippen LogP contribution in [0.4, 0.5) is 5.82 Å². The normalized spacial score (nSPS) is 10.8. The van der Waals surface area contributed by atoms with E-state index < -0.39 is 0 Å². The Morgan fingerprint density at radius 1 is 1.05 bits per heavy atom. The van der Waals surface area contributed by atoms with Gasteiger partial charge < -0.3 is 5.73 Å². The van der Waals surface area contributed by atoms with Crippen LogP contribution < -0.4 is 5.73 Å². The van der Waals surface area contributed by atoms with Gasteiger partial charge >= 0.3 is 0 Å². The van der Waals surface area contributed by atoms with Crippen LogP contribution in [0, 0.1) is 6.92 Å². The first-order valence-electron chi connectivity index (χ1n) is 6.73. The van der Waals surface area contributed by atoms with Crippen LogP contribution in [0.1, 0.15) is 5.56 Å². The summed E-state index contributed by atoms with van der Waals surface area (Å²) in [6.07, 6.45) is 0. The minimum Gasteiger partial charge on any atom is -0.383 e. The van der Waals surface area contributed by atoms with Gasteiger partial charge in [0, 0.05) is 17.1 Å². The molecule has 0 spiro atoms. The second-order valence-electron chi connectivity index (χ2n) is 5.01. The molecule has 3 nitrogen and oxygen atoms in total. The summed E-state index contributed by atoms with van der Waals surface area (Å²) in [6.45, 7) is 2.08. The highest BCUT2D eigenvalue weighted by atomic mass is 79.9. The van der Waals surface area contributed by atoms with Crippen LogP contribution in [0.15, 0.2) is 53.0 Å². The number of nitrogens with two attached hydrogens (primary N) is 1. The number of nitrogen functional groups attached to an aromatic ring is 1. The average Bonchev–Trinajstić information content (AvgIpc) is 2.78. The van der Waals surface area contributed by atoms with Crippen molar-refractivity contribution in [3.63, 3.8) is 0 Å². The largest absolute Gasteiger partial charge is 0.383 e. The quantitative estimate of drug-likeness (QED) is 0.750. The SMILES string of the molecule is Cc1c(Br)cccc1-c1nn(C)c(N)c1-c1ccccc1. The third kappa shape index (κ3) is 2.36. The zero-order valence-corrected chi connectivity index (χ0v) is 13.6. The van der Waals surface area contributed by atoms with Gasteiger partial charge in [-0.2, -0.15) is 5.10 Å². The molecule has 0 amide bonds. The number of anilines is 1. The monoisotopic (exact) mass is 341 g/mol. The average molecular weight is 342 g/mol. The van der Waals surface area contributed by atoms with Gasteiger partial charge in [-0.05, 0) is 24.1 Å². The van der Waals surface area contributed by atoms with E-state index in [9.17, 15) is 0 Å². The van der Waals surface area contributed by atoms with Gasteiger partial charge in [-0.1, -0.05) is 58.4 Å². The van der Waals surface area contributed by atoms with Gasteiger partial charge in [0.05, 0.1) is 5.56 Å². The molecule has 3 rings (SSSR count). The van der Waals surface area contributed by atoms with Crippen molar-refractivity contribution < 1.29 is 0 Å². The molecule has 2 aromatic carbocycles. The summed E-state index contributed by atoms with van der Waals surface area (Å²) in [4.78, 5) is 0. The highest BCUT2D eigenvalue weighted by molar-refractivity contribution is 9.10. The predicted octanol–water partition coefficient (Wildman–Crippen LogP) is 4.41. The molecule has 0 saturated carbocycles. The van der Waals surface area contributed by atoms with Gasteiger partial charge in [-0.25, -0.2) is 0 Å². The Morgan fingerprint density at radius 2 is 1.76 bits per heavy atom. The number of rotatable bonds is 2. The highest BCUT2D eigenvalue weighted by Gasteiger charge is 2.18. The van der Waals surface area contributed by atoms with Gasteiger partial charge in [0.2, 0.25) is 0 Å². The maximum Gasteiger partial charge on any atom is 0.129 e. The Kier molecular flexibility index (Phi) is 3.55. The molecule has 0 aliphatic heterocycles. The molecule has 0 atom stereocenters. The van der Waals surface area contributed by atoms with Crippen molar-refractivity contribution in [1.29, 1.82) is 0 Å². The fraction of sp³-hybridized carbons (Fsp3) is 0.118. The second kappa shape index (κ2) is 5.37. The Hall–Kier alpha value is -2.07. The van der Waals surface area contributed by atoms with E-state index in [1.165, 1.54) is 0 Å².